The van der Waals surface area contributed by atoms with Crippen LogP contribution in [0.2, 0.25) is 0 Å². The van der Waals surface area contributed by atoms with Gasteiger partial charge in [-0.2, -0.15) is 0 Å². The molecule has 0 amide bonds. The van der Waals surface area contributed by atoms with Gasteiger partial charge in [-0.15, -0.1) is 0 Å². The minimum Gasteiger partial charge on any atom is -0.481 e. The van der Waals surface area contributed by atoms with Gasteiger partial charge in [-0.25, -0.2) is 0 Å². The Kier molecular flexibility index (Phi) is 12.6. The molecule has 0 heterocycles. The second kappa shape index (κ2) is 11.2. The summed E-state index contributed by atoms with van der Waals surface area (Å²) < 4.78 is 0. The number of hydrogen-bond donors (Lipinski definition) is 3. The number of nitrogens with one attached hydrogen (secondary N) is 1. The van der Waals surface area contributed by atoms with E-state index in [4.69, 9.17) is 10.2 Å². The lowest BCUT2D eigenvalue weighted by Crippen LogP contribution is -2.37. The van der Waals surface area contributed by atoms with Crippen molar-refractivity contribution < 1.29 is 19.8 Å². The molecule has 0 aromatic rings. The maximum atomic E-state index is 10.7. The molecule has 92 valence electrons. The van der Waals surface area contributed by atoms with E-state index in [1.165, 1.54) is 0 Å². The number of aliphatic carboxylic acids is 2. The van der Waals surface area contributed by atoms with Crippen LogP contribution in [0.25, 0.3) is 0 Å². The molecule has 0 unspecified atom stereocenters. The lowest BCUT2D eigenvalue weighted by atomic mass is 10.1. The van der Waals surface area contributed by atoms with Crippen LogP contribution in [0.1, 0.15) is 39.0 Å². The van der Waals surface area contributed by atoms with Crippen molar-refractivity contribution in [3.8, 4) is 0 Å². The zero-order valence-corrected chi connectivity index (χ0v) is 9.03. The molecule has 0 fully saturated rings. The predicted molar refractivity (Wildman–Crippen MR) is 64.4 cm³/mol. The maximum Gasteiger partial charge on any atom is 0.320 e. The second-order valence-electron chi connectivity index (χ2n) is 3.48. The van der Waals surface area contributed by atoms with Gasteiger partial charge in [0.05, 0.1) is 0 Å². The first-order valence-corrected chi connectivity index (χ1v) is 5.26. The van der Waals surface area contributed by atoms with Crippen molar-refractivity contribution in [2.45, 2.75) is 45.1 Å². The van der Waals surface area contributed by atoms with Crippen LogP contribution in [-0.4, -0.2) is 57.8 Å². The van der Waals surface area contributed by atoms with Gasteiger partial charge < -0.3 is 15.5 Å². The fourth-order valence-corrected chi connectivity index (χ4v) is 1.23. The molecule has 0 aromatic carbocycles. The molecule has 3 N–H and O–H groups in total. The van der Waals surface area contributed by atoms with Gasteiger partial charge in [-0.1, -0.05) is 19.8 Å². The number of carboxylic acid groups (broad SMARTS) is 2. The zero-order chi connectivity index (χ0) is 11.7. The SMILES string of the molecule is CCCCCN[C@H](CCC(=O)O)C(=O)O.[MgH2]. The third-order valence-electron chi connectivity index (χ3n) is 2.12. The molecule has 0 saturated carbocycles. The second-order valence-corrected chi connectivity index (χ2v) is 3.48. The quantitative estimate of drug-likeness (QED) is 0.397. The molecule has 0 spiro atoms. The third-order valence-corrected chi connectivity index (χ3v) is 2.12. The van der Waals surface area contributed by atoms with E-state index < -0.39 is 18.0 Å². The summed E-state index contributed by atoms with van der Waals surface area (Å²) in [6.45, 7) is 2.70. The summed E-state index contributed by atoms with van der Waals surface area (Å²) in [5.41, 5.74) is 0. The van der Waals surface area contributed by atoms with Crippen molar-refractivity contribution in [1.29, 1.82) is 0 Å². The Hall–Kier alpha value is -0.334. The van der Waals surface area contributed by atoms with Crippen LogP contribution < -0.4 is 5.32 Å². The van der Waals surface area contributed by atoms with Crippen molar-refractivity contribution in [3.05, 3.63) is 0 Å². The van der Waals surface area contributed by atoms with E-state index in [1.54, 1.807) is 0 Å². The Balaban J connectivity index is 0. The molecule has 0 aliphatic rings. The molecular formula is C10H21MgNO4. The van der Waals surface area contributed by atoms with Crippen LogP contribution in [0, 0.1) is 0 Å². The molecule has 16 heavy (non-hydrogen) atoms. The van der Waals surface area contributed by atoms with Gasteiger partial charge in [0.15, 0.2) is 0 Å². The fourth-order valence-electron chi connectivity index (χ4n) is 1.23. The number of carboxylic acids is 2. The highest BCUT2D eigenvalue weighted by Crippen LogP contribution is 1.99. The van der Waals surface area contributed by atoms with E-state index in [1.807, 2.05) is 0 Å². The smallest absolute Gasteiger partial charge is 0.320 e. The topological polar surface area (TPSA) is 86.6 Å². The summed E-state index contributed by atoms with van der Waals surface area (Å²) in [4.78, 5) is 21.0. The van der Waals surface area contributed by atoms with E-state index in [0.717, 1.165) is 19.3 Å². The summed E-state index contributed by atoms with van der Waals surface area (Å²) in [5.74, 6) is -1.94. The molecular weight excluding hydrogens is 222 g/mol. The predicted octanol–water partition coefficient (Wildman–Crippen LogP) is 0.168. The van der Waals surface area contributed by atoms with Crippen molar-refractivity contribution in [2.24, 2.45) is 0 Å². The van der Waals surface area contributed by atoms with Crippen LogP contribution in [0.5, 0.6) is 0 Å². The van der Waals surface area contributed by atoms with Crippen molar-refractivity contribution in [1.82, 2.24) is 5.32 Å². The Bertz CT molecular complexity index is 211. The van der Waals surface area contributed by atoms with Gasteiger partial charge >= 0.3 is 35.0 Å². The highest BCUT2D eigenvalue weighted by Gasteiger charge is 2.17. The van der Waals surface area contributed by atoms with E-state index >= 15 is 0 Å². The monoisotopic (exact) mass is 243 g/mol. The van der Waals surface area contributed by atoms with Gasteiger partial charge in [-0.05, 0) is 19.4 Å². The maximum absolute atomic E-state index is 10.7. The minimum atomic E-state index is -0.979. The molecule has 6 heteroatoms. The normalized spacial score (nSPS) is 11.6. The van der Waals surface area contributed by atoms with Crippen molar-refractivity contribution >= 4 is 35.0 Å². The summed E-state index contributed by atoms with van der Waals surface area (Å²) in [6, 6.07) is -0.738. The first kappa shape index (κ1) is 18.0. The molecule has 0 bridgehead atoms. The molecule has 5 nitrogen and oxygen atoms in total. The Labute approximate surface area is 112 Å². The van der Waals surface area contributed by atoms with E-state index in [-0.39, 0.29) is 35.9 Å². The standard InChI is InChI=1S/C10H19NO4.Mg.2H/c1-2-3-4-7-11-8(10(14)15)5-6-9(12)13;;;/h8,11H,2-7H2,1H3,(H,12,13)(H,14,15);;;/t8-;;;/m1.../s1. The summed E-state index contributed by atoms with van der Waals surface area (Å²) in [6.07, 6.45) is 3.08. The molecule has 0 aromatic heterocycles. The summed E-state index contributed by atoms with van der Waals surface area (Å²) >= 11 is 0. The summed E-state index contributed by atoms with van der Waals surface area (Å²) in [7, 11) is 0. The van der Waals surface area contributed by atoms with Gasteiger partial charge in [-0.3, -0.25) is 9.59 Å². The van der Waals surface area contributed by atoms with Crippen LogP contribution in [0.15, 0.2) is 0 Å². The van der Waals surface area contributed by atoms with Crippen LogP contribution in [0.3, 0.4) is 0 Å². The van der Waals surface area contributed by atoms with Gasteiger partial charge in [0.25, 0.3) is 0 Å². The lowest BCUT2D eigenvalue weighted by molar-refractivity contribution is -0.140. The summed E-state index contributed by atoms with van der Waals surface area (Å²) in [5, 5.41) is 20.1. The van der Waals surface area contributed by atoms with E-state index in [0.29, 0.717) is 6.54 Å². The highest BCUT2D eigenvalue weighted by atomic mass is 24.3. The Morgan fingerprint density at radius 1 is 1.25 bits per heavy atom. The van der Waals surface area contributed by atoms with Gasteiger partial charge in [0.2, 0.25) is 0 Å². The number of carbonyl (C=O) groups is 2. The minimum absolute atomic E-state index is 0. The molecule has 1 atom stereocenters. The van der Waals surface area contributed by atoms with E-state index in [2.05, 4.69) is 12.2 Å². The zero-order valence-electron chi connectivity index (χ0n) is 9.03. The average molecular weight is 244 g/mol. The Morgan fingerprint density at radius 3 is 2.31 bits per heavy atom. The molecule has 0 saturated heterocycles. The fraction of sp³-hybridized carbons (Fsp3) is 0.800. The molecule has 0 aliphatic carbocycles. The van der Waals surface area contributed by atoms with E-state index in [9.17, 15) is 9.59 Å². The van der Waals surface area contributed by atoms with Crippen molar-refractivity contribution in [3.63, 3.8) is 0 Å². The van der Waals surface area contributed by atoms with Gasteiger partial charge in [0.1, 0.15) is 6.04 Å². The molecule has 0 aliphatic heterocycles. The third kappa shape index (κ3) is 10.2. The number of hydrogen-bond acceptors (Lipinski definition) is 3. The van der Waals surface area contributed by atoms with Crippen LogP contribution in [0.4, 0.5) is 0 Å². The Morgan fingerprint density at radius 2 is 1.88 bits per heavy atom. The first-order valence-electron chi connectivity index (χ1n) is 5.26. The molecule has 0 radical (unpaired) electrons. The average Bonchev–Trinajstić information content (AvgIpc) is 2.15. The number of rotatable bonds is 9. The van der Waals surface area contributed by atoms with Gasteiger partial charge in [0, 0.05) is 6.42 Å². The molecule has 0 rings (SSSR count). The highest BCUT2D eigenvalue weighted by molar-refractivity contribution is 5.75. The number of unbranched alkanes of at least 4 members (excludes halogenated alkanes) is 2. The lowest BCUT2D eigenvalue weighted by Gasteiger charge is -2.12. The first-order chi connectivity index (χ1) is 7.07. The van der Waals surface area contributed by atoms with Crippen LogP contribution >= 0.6 is 0 Å². The van der Waals surface area contributed by atoms with Crippen LogP contribution in [-0.2, 0) is 9.59 Å². The van der Waals surface area contributed by atoms with Crippen molar-refractivity contribution in [2.75, 3.05) is 6.54 Å². The largest absolute Gasteiger partial charge is 0.481 e.